The van der Waals surface area contributed by atoms with Gasteiger partial charge >= 0.3 is 0 Å². The van der Waals surface area contributed by atoms with E-state index in [0.717, 1.165) is 5.56 Å². The molecule has 0 radical (unpaired) electrons. The number of hydrogen-bond donors (Lipinski definition) is 1. The van der Waals surface area contributed by atoms with Crippen molar-refractivity contribution in [2.75, 3.05) is 13.2 Å². The van der Waals surface area contributed by atoms with Crippen molar-refractivity contribution in [3.63, 3.8) is 0 Å². The van der Waals surface area contributed by atoms with E-state index in [0.29, 0.717) is 16.8 Å². The number of carbonyl (C=O) groups is 1. The summed E-state index contributed by atoms with van der Waals surface area (Å²) >= 11 is 1.26. The molecule has 0 saturated carbocycles. The summed E-state index contributed by atoms with van der Waals surface area (Å²) < 4.78 is 13.1. The molecule has 0 fully saturated rings. The van der Waals surface area contributed by atoms with Crippen molar-refractivity contribution in [3.05, 3.63) is 35.6 Å². The summed E-state index contributed by atoms with van der Waals surface area (Å²) in [6.45, 7) is 0.196. The van der Waals surface area contributed by atoms with Crippen molar-refractivity contribution >= 4 is 34.9 Å². The molecule has 1 aromatic rings. The zero-order valence-corrected chi connectivity index (χ0v) is 12.3. The van der Waals surface area contributed by atoms with Crippen LogP contribution in [0.15, 0.2) is 39.4 Å². The van der Waals surface area contributed by atoms with Crippen molar-refractivity contribution in [1.82, 2.24) is 5.01 Å². The van der Waals surface area contributed by atoms with Crippen LogP contribution in [0, 0.1) is 11.7 Å². The first-order valence-corrected chi connectivity index (χ1v) is 7.67. The van der Waals surface area contributed by atoms with Gasteiger partial charge < -0.3 is 5.11 Å². The molecule has 0 saturated heterocycles. The Kier molecular flexibility index (Phi) is 4.30. The van der Waals surface area contributed by atoms with Gasteiger partial charge in [0.2, 0.25) is 0 Å². The number of thioether (sulfide) groups is 1. The van der Waals surface area contributed by atoms with E-state index < -0.39 is 5.92 Å². The highest BCUT2D eigenvalue weighted by atomic mass is 32.2. The third-order valence-electron chi connectivity index (χ3n) is 3.15. The number of benzene rings is 1. The molecule has 1 amide bonds. The Labute approximate surface area is 130 Å². The lowest BCUT2D eigenvalue weighted by Crippen LogP contribution is -2.35. The number of β-amino-alcohol motifs (C(OH)–C–C–N with tert-alkyl or cyclic N) is 1. The Balaban J connectivity index is 1.72. The van der Waals surface area contributed by atoms with Crippen LogP contribution in [-0.2, 0) is 10.5 Å². The molecule has 0 bridgehead atoms. The van der Waals surface area contributed by atoms with Gasteiger partial charge in [-0.05, 0) is 17.7 Å². The Morgan fingerprint density at radius 1 is 1.36 bits per heavy atom. The lowest BCUT2D eigenvalue weighted by molar-refractivity contribution is -0.118. The number of fused-ring (bicyclic) bond motifs is 1. The highest BCUT2D eigenvalue weighted by molar-refractivity contribution is 8.13. The number of nitrogens with zero attached hydrogens (tertiary/aromatic N) is 4. The van der Waals surface area contributed by atoms with Crippen LogP contribution in [0.25, 0.3) is 0 Å². The quantitative estimate of drug-likeness (QED) is 0.906. The van der Waals surface area contributed by atoms with Gasteiger partial charge in [0.1, 0.15) is 17.6 Å². The number of amides is 1. The van der Waals surface area contributed by atoms with E-state index in [9.17, 15) is 9.18 Å². The monoisotopic (exact) mass is 320 g/mol. The fourth-order valence-corrected chi connectivity index (χ4v) is 2.92. The Morgan fingerprint density at radius 3 is 3.00 bits per heavy atom. The van der Waals surface area contributed by atoms with Gasteiger partial charge in [0, 0.05) is 12.0 Å². The molecule has 1 unspecified atom stereocenters. The van der Waals surface area contributed by atoms with E-state index in [-0.39, 0.29) is 24.9 Å². The fraction of sp³-hybridized carbons (Fsp3) is 0.286. The SMILES string of the molecule is O=C1N=C(SCc2cccc(F)c2)N=C2C1C=NN2CCO. The first kappa shape index (κ1) is 14.9. The maximum absolute atomic E-state index is 13.1. The number of aliphatic hydroxyl groups excluding tert-OH is 1. The highest BCUT2D eigenvalue weighted by Crippen LogP contribution is 2.23. The van der Waals surface area contributed by atoms with Gasteiger partial charge in [-0.25, -0.2) is 14.4 Å². The van der Waals surface area contributed by atoms with Crippen LogP contribution in [0.3, 0.4) is 0 Å². The van der Waals surface area contributed by atoms with Crippen LogP contribution < -0.4 is 0 Å². The van der Waals surface area contributed by atoms with Crippen LogP contribution in [0.2, 0.25) is 0 Å². The number of hydrogen-bond acceptors (Lipinski definition) is 6. The third-order valence-corrected chi connectivity index (χ3v) is 4.07. The van der Waals surface area contributed by atoms with Crippen molar-refractivity contribution in [2.45, 2.75) is 5.75 Å². The standard InChI is InChI=1S/C14H13FN4O2S/c15-10-3-1-2-9(6-10)8-22-14-17-12-11(13(21)18-14)7-16-19(12)4-5-20/h1-3,6-7,11,20H,4-5,8H2. The van der Waals surface area contributed by atoms with Crippen LogP contribution in [0.5, 0.6) is 0 Å². The molecule has 0 aromatic heterocycles. The average molecular weight is 320 g/mol. The van der Waals surface area contributed by atoms with Gasteiger partial charge in [-0.15, -0.1) is 0 Å². The van der Waals surface area contributed by atoms with Gasteiger partial charge in [0.25, 0.3) is 5.91 Å². The number of amidine groups is 2. The van der Waals surface area contributed by atoms with Gasteiger partial charge in [-0.3, -0.25) is 4.79 Å². The summed E-state index contributed by atoms with van der Waals surface area (Å²) in [4.78, 5) is 20.3. The Bertz CT molecular complexity index is 689. The van der Waals surface area contributed by atoms with E-state index in [1.165, 1.54) is 35.1 Å². The molecule has 1 aromatic carbocycles. The minimum atomic E-state index is -0.565. The van der Waals surface area contributed by atoms with Gasteiger partial charge in [0.05, 0.1) is 13.2 Å². The third kappa shape index (κ3) is 3.07. The smallest absolute Gasteiger partial charge is 0.264 e. The lowest BCUT2D eigenvalue weighted by atomic mass is 10.1. The van der Waals surface area contributed by atoms with Crippen molar-refractivity contribution in [2.24, 2.45) is 21.0 Å². The predicted molar refractivity (Wildman–Crippen MR) is 83.3 cm³/mol. The first-order chi connectivity index (χ1) is 10.7. The normalized spacial score (nSPS) is 20.0. The summed E-state index contributed by atoms with van der Waals surface area (Å²) in [6.07, 6.45) is 1.48. The fourth-order valence-electron chi connectivity index (χ4n) is 2.13. The number of rotatable bonds is 4. The molecule has 6 nitrogen and oxygen atoms in total. The minimum Gasteiger partial charge on any atom is -0.394 e. The van der Waals surface area contributed by atoms with Gasteiger partial charge in [-0.1, -0.05) is 23.9 Å². The summed E-state index contributed by atoms with van der Waals surface area (Å²) in [6, 6.07) is 6.25. The summed E-state index contributed by atoms with van der Waals surface area (Å²) in [7, 11) is 0. The van der Waals surface area contributed by atoms with E-state index in [4.69, 9.17) is 5.11 Å². The second kappa shape index (κ2) is 6.37. The van der Waals surface area contributed by atoms with Gasteiger partial charge in [-0.2, -0.15) is 10.1 Å². The molecule has 0 aliphatic carbocycles. The number of aliphatic hydroxyl groups is 1. The second-order valence-electron chi connectivity index (χ2n) is 4.71. The second-order valence-corrected chi connectivity index (χ2v) is 5.65. The topological polar surface area (TPSA) is 77.6 Å². The van der Waals surface area contributed by atoms with Gasteiger partial charge in [0.15, 0.2) is 5.17 Å². The minimum absolute atomic E-state index is 0.0832. The molecule has 8 heteroatoms. The molecular weight excluding hydrogens is 307 g/mol. The van der Waals surface area contributed by atoms with Crippen molar-refractivity contribution in [3.8, 4) is 0 Å². The van der Waals surface area contributed by atoms with E-state index >= 15 is 0 Å². The molecular formula is C14H13FN4O2S. The predicted octanol–water partition coefficient (Wildman–Crippen LogP) is 1.26. The molecule has 1 atom stereocenters. The molecule has 2 heterocycles. The number of aliphatic imine (C=N–C) groups is 2. The largest absolute Gasteiger partial charge is 0.394 e. The van der Waals surface area contributed by atoms with E-state index in [1.54, 1.807) is 12.1 Å². The zero-order chi connectivity index (χ0) is 15.5. The van der Waals surface area contributed by atoms with Crippen LogP contribution in [0.4, 0.5) is 4.39 Å². The van der Waals surface area contributed by atoms with E-state index in [2.05, 4.69) is 15.1 Å². The van der Waals surface area contributed by atoms with Crippen molar-refractivity contribution < 1.29 is 14.3 Å². The molecule has 0 spiro atoms. The number of carbonyl (C=O) groups excluding carboxylic acids is 1. The van der Waals surface area contributed by atoms with Crippen LogP contribution in [-0.4, -0.2) is 46.4 Å². The highest BCUT2D eigenvalue weighted by Gasteiger charge is 2.35. The average Bonchev–Trinajstić information content (AvgIpc) is 2.90. The maximum Gasteiger partial charge on any atom is 0.264 e. The molecule has 114 valence electrons. The van der Waals surface area contributed by atoms with Crippen molar-refractivity contribution in [1.29, 1.82) is 0 Å². The van der Waals surface area contributed by atoms with E-state index in [1.807, 2.05) is 0 Å². The summed E-state index contributed by atoms with van der Waals surface area (Å²) in [5.41, 5.74) is 0.789. The molecule has 3 rings (SSSR count). The number of halogens is 1. The Morgan fingerprint density at radius 2 is 2.23 bits per heavy atom. The molecule has 1 N–H and O–H groups in total. The Hall–Kier alpha value is -2.06. The molecule has 2 aliphatic heterocycles. The molecule has 22 heavy (non-hydrogen) atoms. The lowest BCUT2D eigenvalue weighted by Gasteiger charge is -2.19. The zero-order valence-electron chi connectivity index (χ0n) is 11.5. The molecule has 2 aliphatic rings. The maximum atomic E-state index is 13.1. The summed E-state index contributed by atoms with van der Waals surface area (Å²) in [5.74, 6) is -0.243. The number of hydrazone groups is 1. The van der Waals surface area contributed by atoms with Crippen LogP contribution >= 0.6 is 11.8 Å². The first-order valence-electron chi connectivity index (χ1n) is 6.68. The summed E-state index contributed by atoms with van der Waals surface area (Å²) in [5, 5.41) is 14.9. The van der Waals surface area contributed by atoms with Crippen LogP contribution in [0.1, 0.15) is 5.56 Å².